The third-order valence-electron chi connectivity index (χ3n) is 3.29. The van der Waals surface area contributed by atoms with Gasteiger partial charge in [-0.15, -0.1) is 0 Å². The Morgan fingerprint density at radius 2 is 1.56 bits per heavy atom. The van der Waals surface area contributed by atoms with Gasteiger partial charge in [0.05, 0.1) is 0 Å². The molecule has 102 valence electrons. The van der Waals surface area contributed by atoms with Crippen molar-refractivity contribution in [3.05, 3.63) is 28.8 Å². The van der Waals surface area contributed by atoms with E-state index in [1.54, 1.807) is 0 Å². The summed E-state index contributed by atoms with van der Waals surface area (Å²) in [6.45, 7) is 15.3. The highest BCUT2D eigenvalue weighted by molar-refractivity contribution is 5.46. The lowest BCUT2D eigenvalue weighted by molar-refractivity contribution is 0.372. The fraction of sp³-hybridized carbons (Fsp3) is 0.647. The third-order valence-corrected chi connectivity index (χ3v) is 3.29. The molecule has 0 aromatic heterocycles. The van der Waals surface area contributed by atoms with Crippen molar-refractivity contribution in [2.24, 2.45) is 5.41 Å². The second-order valence-corrected chi connectivity index (χ2v) is 7.63. The molecule has 0 saturated heterocycles. The molecule has 0 aliphatic heterocycles. The molecular weight excluding hydrogens is 220 g/mol. The van der Waals surface area contributed by atoms with E-state index in [1.165, 1.54) is 5.56 Å². The van der Waals surface area contributed by atoms with Crippen LogP contribution in [-0.2, 0) is 11.8 Å². The van der Waals surface area contributed by atoms with Gasteiger partial charge in [-0.3, -0.25) is 0 Å². The topological polar surface area (TPSA) is 20.2 Å². The first-order valence-corrected chi connectivity index (χ1v) is 6.84. The molecule has 1 N–H and O–H groups in total. The van der Waals surface area contributed by atoms with Gasteiger partial charge in [-0.05, 0) is 41.7 Å². The Kier molecular flexibility index (Phi) is 4.15. The van der Waals surface area contributed by atoms with Crippen molar-refractivity contribution in [1.29, 1.82) is 0 Å². The van der Waals surface area contributed by atoms with Crippen LogP contribution >= 0.6 is 0 Å². The Morgan fingerprint density at radius 3 is 2.00 bits per heavy atom. The van der Waals surface area contributed by atoms with E-state index in [4.69, 9.17) is 0 Å². The van der Waals surface area contributed by atoms with Crippen LogP contribution in [0, 0.1) is 12.3 Å². The highest BCUT2D eigenvalue weighted by Crippen LogP contribution is 2.36. The van der Waals surface area contributed by atoms with Gasteiger partial charge in [0.2, 0.25) is 0 Å². The van der Waals surface area contributed by atoms with Crippen molar-refractivity contribution >= 4 is 0 Å². The highest BCUT2D eigenvalue weighted by Gasteiger charge is 2.21. The molecule has 1 nitrogen and oxygen atoms in total. The lowest BCUT2D eigenvalue weighted by Gasteiger charge is -2.24. The molecule has 0 saturated carbocycles. The van der Waals surface area contributed by atoms with E-state index in [2.05, 4.69) is 60.6 Å². The Labute approximate surface area is 112 Å². The summed E-state index contributed by atoms with van der Waals surface area (Å²) in [7, 11) is 0. The molecule has 0 spiro atoms. The van der Waals surface area contributed by atoms with Crippen molar-refractivity contribution in [3.63, 3.8) is 0 Å². The second kappa shape index (κ2) is 4.95. The van der Waals surface area contributed by atoms with Crippen molar-refractivity contribution in [2.45, 2.75) is 66.7 Å². The summed E-state index contributed by atoms with van der Waals surface area (Å²) < 4.78 is 0. The van der Waals surface area contributed by atoms with Crippen LogP contribution in [-0.4, -0.2) is 5.11 Å². The van der Waals surface area contributed by atoms with E-state index in [0.717, 1.165) is 24.0 Å². The van der Waals surface area contributed by atoms with E-state index in [1.807, 2.05) is 0 Å². The van der Waals surface area contributed by atoms with Crippen LogP contribution in [0.1, 0.15) is 64.7 Å². The molecule has 1 heteroatoms. The van der Waals surface area contributed by atoms with Gasteiger partial charge >= 0.3 is 0 Å². The molecule has 0 unspecified atom stereocenters. The average molecular weight is 248 g/mol. The summed E-state index contributed by atoms with van der Waals surface area (Å²) >= 11 is 0. The van der Waals surface area contributed by atoms with Crippen molar-refractivity contribution in [3.8, 4) is 5.75 Å². The van der Waals surface area contributed by atoms with Gasteiger partial charge in [0.25, 0.3) is 0 Å². The van der Waals surface area contributed by atoms with E-state index < -0.39 is 0 Å². The number of aryl methyl sites for hydroxylation is 2. The largest absolute Gasteiger partial charge is 0.507 e. The monoisotopic (exact) mass is 248 g/mol. The predicted molar refractivity (Wildman–Crippen MR) is 79.3 cm³/mol. The van der Waals surface area contributed by atoms with Gasteiger partial charge in [-0.1, -0.05) is 59.2 Å². The summed E-state index contributed by atoms with van der Waals surface area (Å²) in [4.78, 5) is 0. The Bertz CT molecular complexity index is 416. The first-order chi connectivity index (χ1) is 8.00. The zero-order chi connectivity index (χ0) is 14.1. The number of phenols is 1. The van der Waals surface area contributed by atoms with Crippen LogP contribution in [0.2, 0.25) is 0 Å². The maximum atomic E-state index is 10.4. The molecule has 0 atom stereocenters. The summed E-state index contributed by atoms with van der Waals surface area (Å²) in [5.74, 6) is 0.498. The fourth-order valence-electron chi connectivity index (χ4n) is 2.13. The Balaban J connectivity index is 3.10. The Hall–Kier alpha value is -0.980. The summed E-state index contributed by atoms with van der Waals surface area (Å²) in [6, 6.07) is 4.23. The lowest BCUT2D eigenvalue weighted by Crippen LogP contribution is -2.13. The number of hydrogen-bond acceptors (Lipinski definition) is 1. The van der Waals surface area contributed by atoms with Crippen LogP contribution in [0.3, 0.4) is 0 Å². The Morgan fingerprint density at radius 1 is 1.00 bits per heavy atom. The minimum absolute atomic E-state index is 0.00736. The van der Waals surface area contributed by atoms with Gasteiger partial charge < -0.3 is 5.11 Å². The number of benzene rings is 1. The minimum atomic E-state index is -0.00736. The summed E-state index contributed by atoms with van der Waals surface area (Å²) in [6.07, 6.45) is 2.04. The van der Waals surface area contributed by atoms with Gasteiger partial charge in [0, 0.05) is 0 Å². The third kappa shape index (κ3) is 4.04. The second-order valence-electron chi connectivity index (χ2n) is 7.63. The molecular formula is C17H28O. The van der Waals surface area contributed by atoms with Crippen LogP contribution in [0.15, 0.2) is 12.1 Å². The lowest BCUT2D eigenvalue weighted by atomic mass is 9.82. The molecule has 0 aliphatic carbocycles. The zero-order valence-corrected chi connectivity index (χ0v) is 13.0. The van der Waals surface area contributed by atoms with Crippen molar-refractivity contribution in [2.75, 3.05) is 0 Å². The first kappa shape index (κ1) is 15.1. The molecule has 0 aliphatic rings. The van der Waals surface area contributed by atoms with Gasteiger partial charge in [0.1, 0.15) is 5.75 Å². The number of aromatic hydroxyl groups is 1. The quantitative estimate of drug-likeness (QED) is 0.783. The van der Waals surface area contributed by atoms with Gasteiger partial charge in [0.15, 0.2) is 0 Å². The van der Waals surface area contributed by atoms with E-state index in [-0.39, 0.29) is 5.41 Å². The molecule has 0 radical (unpaired) electrons. The summed E-state index contributed by atoms with van der Waals surface area (Å²) in [5, 5.41) is 10.4. The molecule has 1 aromatic carbocycles. The SMILES string of the molecule is Cc1cc(CCC(C)(C)C)c(O)c(C(C)(C)C)c1. The smallest absolute Gasteiger partial charge is 0.122 e. The standard InChI is InChI=1S/C17H28O/c1-12-10-13(8-9-16(2,3)4)15(18)14(11-12)17(5,6)7/h10-11,18H,8-9H2,1-7H3. The van der Waals surface area contributed by atoms with E-state index in [0.29, 0.717) is 11.2 Å². The average Bonchev–Trinajstić information content (AvgIpc) is 2.16. The van der Waals surface area contributed by atoms with E-state index >= 15 is 0 Å². The van der Waals surface area contributed by atoms with Crippen molar-refractivity contribution in [1.82, 2.24) is 0 Å². The van der Waals surface area contributed by atoms with Crippen LogP contribution in [0.25, 0.3) is 0 Å². The van der Waals surface area contributed by atoms with Crippen molar-refractivity contribution < 1.29 is 5.11 Å². The molecule has 1 rings (SSSR count). The van der Waals surface area contributed by atoms with Crippen LogP contribution in [0.4, 0.5) is 0 Å². The maximum absolute atomic E-state index is 10.4. The highest BCUT2D eigenvalue weighted by atomic mass is 16.3. The maximum Gasteiger partial charge on any atom is 0.122 e. The van der Waals surface area contributed by atoms with Gasteiger partial charge in [-0.25, -0.2) is 0 Å². The minimum Gasteiger partial charge on any atom is -0.507 e. The molecule has 18 heavy (non-hydrogen) atoms. The van der Waals surface area contributed by atoms with E-state index in [9.17, 15) is 5.11 Å². The zero-order valence-electron chi connectivity index (χ0n) is 13.0. The summed E-state index contributed by atoms with van der Waals surface area (Å²) in [5.41, 5.74) is 3.69. The first-order valence-electron chi connectivity index (χ1n) is 6.84. The number of hydrogen-bond donors (Lipinski definition) is 1. The molecule has 0 amide bonds. The predicted octanol–water partition coefficient (Wildman–Crippen LogP) is 4.98. The molecule has 0 fully saturated rings. The normalized spacial score (nSPS) is 12.8. The van der Waals surface area contributed by atoms with Crippen LogP contribution in [0.5, 0.6) is 5.75 Å². The molecule has 1 aromatic rings. The molecule has 0 bridgehead atoms. The number of phenolic OH excluding ortho intramolecular Hbond substituents is 1. The van der Waals surface area contributed by atoms with Gasteiger partial charge in [-0.2, -0.15) is 0 Å². The fourth-order valence-corrected chi connectivity index (χ4v) is 2.13. The molecule has 0 heterocycles. The number of rotatable bonds is 2. The van der Waals surface area contributed by atoms with Crippen LogP contribution < -0.4 is 0 Å².